The Morgan fingerprint density at radius 3 is 2.94 bits per heavy atom. The van der Waals surface area contributed by atoms with Gasteiger partial charge in [0.15, 0.2) is 0 Å². The molecule has 0 radical (unpaired) electrons. The number of benzene rings is 1. The summed E-state index contributed by atoms with van der Waals surface area (Å²) in [5.41, 5.74) is 6.82. The van der Waals surface area contributed by atoms with Crippen LogP contribution in [-0.4, -0.2) is 15.1 Å². The Morgan fingerprint density at radius 2 is 2.33 bits per heavy atom. The molecule has 0 saturated carbocycles. The molecule has 2 rings (SSSR count). The molecular formula is C10H10BrN5O2. The molecule has 94 valence electrons. The Bertz CT molecular complexity index is 583. The number of H-pyrrole nitrogens is 1. The van der Waals surface area contributed by atoms with E-state index in [9.17, 15) is 10.1 Å². The van der Waals surface area contributed by atoms with E-state index >= 15 is 0 Å². The minimum atomic E-state index is -0.439. The second kappa shape index (κ2) is 5.05. The second-order valence-electron chi connectivity index (χ2n) is 3.58. The summed E-state index contributed by atoms with van der Waals surface area (Å²) < 4.78 is 0.655. The predicted octanol–water partition coefficient (Wildman–Crippen LogP) is 2.27. The van der Waals surface area contributed by atoms with Crippen molar-refractivity contribution in [2.75, 3.05) is 11.1 Å². The van der Waals surface area contributed by atoms with Crippen LogP contribution in [0.25, 0.3) is 0 Å². The highest BCUT2D eigenvalue weighted by Gasteiger charge is 2.14. The number of hydrogen-bond donors (Lipinski definition) is 3. The molecule has 1 aromatic heterocycles. The van der Waals surface area contributed by atoms with E-state index in [-0.39, 0.29) is 5.69 Å². The number of nitrogens with two attached hydrogens (primary N) is 1. The Labute approximate surface area is 111 Å². The Hall–Kier alpha value is -2.09. The van der Waals surface area contributed by atoms with Gasteiger partial charge in [0.25, 0.3) is 5.69 Å². The highest BCUT2D eigenvalue weighted by atomic mass is 79.9. The highest BCUT2D eigenvalue weighted by Crippen LogP contribution is 2.28. The maximum atomic E-state index is 10.9. The van der Waals surface area contributed by atoms with Gasteiger partial charge in [-0.3, -0.25) is 15.2 Å². The first kappa shape index (κ1) is 12.4. The van der Waals surface area contributed by atoms with E-state index in [4.69, 9.17) is 5.73 Å². The third kappa shape index (κ3) is 2.59. The second-order valence-corrected chi connectivity index (χ2v) is 4.50. The number of aromatic amines is 1. The van der Waals surface area contributed by atoms with Crippen LogP contribution in [0.5, 0.6) is 0 Å². The first-order valence-corrected chi connectivity index (χ1v) is 5.83. The summed E-state index contributed by atoms with van der Waals surface area (Å²) in [6.45, 7) is 0.366. The molecule has 2 aromatic rings. The SMILES string of the molecule is Nc1[nH]ncc1CNc1ccc(Br)cc1[N+](=O)[O-]. The van der Waals surface area contributed by atoms with Gasteiger partial charge in [-0.25, -0.2) is 0 Å². The topological polar surface area (TPSA) is 110 Å². The van der Waals surface area contributed by atoms with E-state index in [0.29, 0.717) is 22.5 Å². The molecule has 4 N–H and O–H groups in total. The number of halogens is 1. The van der Waals surface area contributed by atoms with Crippen molar-refractivity contribution in [1.29, 1.82) is 0 Å². The number of hydrogen-bond acceptors (Lipinski definition) is 5. The zero-order valence-corrected chi connectivity index (χ0v) is 10.8. The Kier molecular flexibility index (Phi) is 3.47. The molecule has 0 atom stereocenters. The Morgan fingerprint density at radius 1 is 1.56 bits per heavy atom. The van der Waals surface area contributed by atoms with Crippen LogP contribution in [0.4, 0.5) is 17.2 Å². The van der Waals surface area contributed by atoms with Crippen LogP contribution in [0.15, 0.2) is 28.9 Å². The molecule has 0 aliphatic carbocycles. The lowest BCUT2D eigenvalue weighted by atomic mass is 10.2. The zero-order valence-electron chi connectivity index (χ0n) is 9.18. The van der Waals surface area contributed by atoms with Gasteiger partial charge in [-0.1, -0.05) is 15.9 Å². The number of nitrogen functional groups attached to an aromatic ring is 1. The molecule has 7 nitrogen and oxygen atoms in total. The van der Waals surface area contributed by atoms with Gasteiger partial charge >= 0.3 is 0 Å². The van der Waals surface area contributed by atoms with Crippen molar-refractivity contribution in [2.24, 2.45) is 0 Å². The van der Waals surface area contributed by atoms with Crippen molar-refractivity contribution >= 4 is 33.1 Å². The number of rotatable bonds is 4. The van der Waals surface area contributed by atoms with Gasteiger partial charge in [-0.05, 0) is 12.1 Å². The summed E-state index contributed by atoms with van der Waals surface area (Å²) in [6.07, 6.45) is 1.58. The number of nitro benzene ring substituents is 1. The van der Waals surface area contributed by atoms with Gasteiger partial charge in [0, 0.05) is 22.6 Å². The number of nitrogens with zero attached hydrogens (tertiary/aromatic N) is 2. The van der Waals surface area contributed by atoms with Gasteiger partial charge in [0.05, 0.1) is 11.1 Å². The lowest BCUT2D eigenvalue weighted by Crippen LogP contribution is -2.03. The van der Waals surface area contributed by atoms with E-state index in [2.05, 4.69) is 31.4 Å². The van der Waals surface area contributed by atoms with E-state index in [1.54, 1.807) is 18.3 Å². The lowest BCUT2D eigenvalue weighted by Gasteiger charge is -2.06. The minimum absolute atomic E-state index is 0.00596. The molecule has 0 bridgehead atoms. The molecular weight excluding hydrogens is 302 g/mol. The normalized spacial score (nSPS) is 10.3. The third-order valence-electron chi connectivity index (χ3n) is 2.38. The number of nitrogens with one attached hydrogen (secondary N) is 2. The molecule has 0 fully saturated rings. The molecule has 0 spiro atoms. The zero-order chi connectivity index (χ0) is 13.1. The predicted molar refractivity (Wildman–Crippen MR) is 71.1 cm³/mol. The van der Waals surface area contributed by atoms with Gasteiger partial charge < -0.3 is 11.1 Å². The van der Waals surface area contributed by atoms with Crippen LogP contribution in [0.3, 0.4) is 0 Å². The maximum absolute atomic E-state index is 10.9. The molecule has 0 aliphatic heterocycles. The monoisotopic (exact) mass is 311 g/mol. The van der Waals surface area contributed by atoms with Crippen molar-refractivity contribution in [3.63, 3.8) is 0 Å². The number of nitro groups is 1. The van der Waals surface area contributed by atoms with Crippen LogP contribution in [0.2, 0.25) is 0 Å². The molecule has 0 aliphatic rings. The van der Waals surface area contributed by atoms with Crippen molar-refractivity contribution in [3.05, 3.63) is 44.5 Å². The summed E-state index contributed by atoms with van der Waals surface area (Å²) in [5.74, 6) is 0.447. The highest BCUT2D eigenvalue weighted by molar-refractivity contribution is 9.10. The smallest absolute Gasteiger partial charge is 0.293 e. The largest absolute Gasteiger partial charge is 0.384 e. The average molecular weight is 312 g/mol. The lowest BCUT2D eigenvalue weighted by molar-refractivity contribution is -0.384. The van der Waals surface area contributed by atoms with E-state index in [1.165, 1.54) is 6.07 Å². The molecule has 0 amide bonds. The molecule has 1 aromatic carbocycles. The summed E-state index contributed by atoms with van der Waals surface area (Å²) in [4.78, 5) is 10.5. The van der Waals surface area contributed by atoms with Crippen molar-refractivity contribution < 1.29 is 4.92 Å². The summed E-state index contributed by atoms with van der Waals surface area (Å²) >= 11 is 3.20. The van der Waals surface area contributed by atoms with Crippen molar-refractivity contribution in [3.8, 4) is 0 Å². The fraction of sp³-hybridized carbons (Fsp3) is 0.100. The van der Waals surface area contributed by atoms with E-state index in [1.807, 2.05) is 0 Å². The average Bonchev–Trinajstić information content (AvgIpc) is 2.73. The summed E-state index contributed by atoms with van der Waals surface area (Å²) in [7, 11) is 0. The first-order valence-electron chi connectivity index (χ1n) is 5.03. The molecule has 18 heavy (non-hydrogen) atoms. The van der Waals surface area contributed by atoms with Gasteiger partial charge in [-0.2, -0.15) is 5.10 Å². The van der Waals surface area contributed by atoms with Crippen molar-refractivity contribution in [2.45, 2.75) is 6.54 Å². The first-order chi connectivity index (χ1) is 8.58. The standard InChI is InChI=1S/C10H10BrN5O2/c11-7-1-2-8(9(3-7)16(17)18)13-4-6-5-14-15-10(6)12/h1-3,5,13H,4H2,(H3,12,14,15). The Balaban J connectivity index is 2.19. The van der Waals surface area contributed by atoms with Crippen LogP contribution in [-0.2, 0) is 6.54 Å². The molecule has 0 saturated heterocycles. The molecule has 1 heterocycles. The van der Waals surface area contributed by atoms with Crippen LogP contribution < -0.4 is 11.1 Å². The van der Waals surface area contributed by atoms with Gasteiger partial charge in [0.2, 0.25) is 0 Å². The fourth-order valence-electron chi connectivity index (χ4n) is 1.46. The summed E-state index contributed by atoms with van der Waals surface area (Å²) in [6, 6.07) is 4.81. The quantitative estimate of drug-likeness (QED) is 0.592. The maximum Gasteiger partial charge on any atom is 0.293 e. The van der Waals surface area contributed by atoms with Crippen LogP contribution in [0, 0.1) is 10.1 Å². The van der Waals surface area contributed by atoms with Crippen LogP contribution >= 0.6 is 15.9 Å². The molecule has 0 unspecified atom stereocenters. The van der Waals surface area contributed by atoms with E-state index in [0.717, 1.165) is 5.56 Å². The summed E-state index contributed by atoms with van der Waals surface area (Å²) in [5, 5.41) is 20.2. The fourth-order valence-corrected chi connectivity index (χ4v) is 1.81. The van der Waals surface area contributed by atoms with Gasteiger partial charge in [0.1, 0.15) is 11.5 Å². The third-order valence-corrected chi connectivity index (χ3v) is 2.87. The number of aromatic nitrogens is 2. The van der Waals surface area contributed by atoms with Crippen molar-refractivity contribution in [1.82, 2.24) is 10.2 Å². The van der Waals surface area contributed by atoms with Crippen LogP contribution in [0.1, 0.15) is 5.56 Å². The van der Waals surface area contributed by atoms with E-state index < -0.39 is 4.92 Å². The van der Waals surface area contributed by atoms with Gasteiger partial charge in [-0.15, -0.1) is 0 Å². The minimum Gasteiger partial charge on any atom is -0.384 e. The number of anilines is 2. The molecule has 8 heteroatoms.